The van der Waals surface area contributed by atoms with E-state index in [1.807, 2.05) is 31.2 Å². The van der Waals surface area contributed by atoms with Crippen LogP contribution in [0, 0.1) is 5.92 Å². The molecule has 3 heteroatoms. The number of aliphatic hydroxyl groups is 1. The van der Waals surface area contributed by atoms with Crippen LogP contribution in [0.1, 0.15) is 24.8 Å². The van der Waals surface area contributed by atoms with Crippen molar-refractivity contribution in [1.29, 1.82) is 0 Å². The highest BCUT2D eigenvalue weighted by atomic mass is 16.5. The van der Waals surface area contributed by atoms with E-state index >= 15 is 0 Å². The Morgan fingerprint density at radius 3 is 2.53 bits per heavy atom. The van der Waals surface area contributed by atoms with E-state index in [9.17, 15) is 5.11 Å². The Hall–Kier alpha value is -1.06. The Morgan fingerprint density at radius 1 is 1.35 bits per heavy atom. The summed E-state index contributed by atoms with van der Waals surface area (Å²) in [5.74, 6) is 1.72. The van der Waals surface area contributed by atoms with Crippen molar-refractivity contribution in [2.75, 3.05) is 26.4 Å². The maximum Gasteiger partial charge on any atom is 0.119 e. The number of benzene rings is 1. The molecule has 1 heterocycles. The van der Waals surface area contributed by atoms with E-state index in [4.69, 9.17) is 9.47 Å². The lowest BCUT2D eigenvalue weighted by molar-refractivity contribution is -0.0405. The lowest BCUT2D eigenvalue weighted by Crippen LogP contribution is -2.29. The van der Waals surface area contributed by atoms with Gasteiger partial charge in [-0.05, 0) is 31.0 Å². The second kappa shape index (κ2) is 6.03. The third-order valence-corrected chi connectivity index (χ3v) is 3.21. The first kappa shape index (κ1) is 12.4. The highest BCUT2D eigenvalue weighted by Crippen LogP contribution is 2.28. The van der Waals surface area contributed by atoms with Gasteiger partial charge in [-0.1, -0.05) is 12.1 Å². The zero-order valence-electron chi connectivity index (χ0n) is 10.3. The van der Waals surface area contributed by atoms with Gasteiger partial charge in [0.25, 0.3) is 0 Å². The zero-order valence-corrected chi connectivity index (χ0v) is 10.3. The summed E-state index contributed by atoms with van der Waals surface area (Å²) in [6, 6.07) is 8.04. The molecule has 3 nitrogen and oxygen atoms in total. The summed E-state index contributed by atoms with van der Waals surface area (Å²) in [6.07, 6.45) is 1.00. The molecule has 0 spiro atoms. The molecule has 1 saturated heterocycles. The van der Waals surface area contributed by atoms with E-state index < -0.39 is 0 Å². The molecule has 0 amide bonds. The van der Waals surface area contributed by atoms with Gasteiger partial charge in [-0.2, -0.15) is 0 Å². The fraction of sp³-hybridized carbons (Fsp3) is 0.571. The van der Waals surface area contributed by atoms with E-state index in [0.717, 1.165) is 25.4 Å². The first-order valence-corrected chi connectivity index (χ1v) is 6.24. The normalized spacial score (nSPS) is 17.5. The van der Waals surface area contributed by atoms with Gasteiger partial charge in [0.1, 0.15) is 5.75 Å². The maximum absolute atomic E-state index is 9.45. The number of hydrogen-bond donors (Lipinski definition) is 1. The molecule has 0 aliphatic carbocycles. The van der Waals surface area contributed by atoms with E-state index in [-0.39, 0.29) is 12.5 Å². The molecule has 0 radical (unpaired) electrons. The van der Waals surface area contributed by atoms with Crippen molar-refractivity contribution in [2.45, 2.75) is 19.3 Å². The molecule has 0 saturated carbocycles. The van der Waals surface area contributed by atoms with E-state index in [1.54, 1.807) is 0 Å². The minimum absolute atomic E-state index is 0.199. The van der Waals surface area contributed by atoms with Crippen LogP contribution >= 0.6 is 0 Å². The molecule has 1 atom stereocenters. The highest BCUT2D eigenvalue weighted by Gasteiger charge is 2.23. The molecular weight excluding hydrogens is 216 g/mol. The minimum atomic E-state index is 0.199. The van der Waals surface area contributed by atoms with Crippen molar-refractivity contribution >= 4 is 0 Å². The molecule has 1 aliphatic heterocycles. The second-order valence-electron chi connectivity index (χ2n) is 4.52. The van der Waals surface area contributed by atoms with Crippen LogP contribution in [0.4, 0.5) is 0 Å². The Bertz CT molecular complexity index is 330. The highest BCUT2D eigenvalue weighted by molar-refractivity contribution is 5.29. The molecule has 2 rings (SSSR count). The molecule has 1 aromatic carbocycles. The summed E-state index contributed by atoms with van der Waals surface area (Å²) in [5.41, 5.74) is 1.18. The Kier molecular flexibility index (Phi) is 4.40. The molecule has 1 aliphatic rings. The molecule has 17 heavy (non-hydrogen) atoms. The SMILES string of the molecule is CCOc1ccc(C(CO)CC2COC2)cc1. The van der Waals surface area contributed by atoms with Crippen molar-refractivity contribution in [3.63, 3.8) is 0 Å². The van der Waals surface area contributed by atoms with Crippen molar-refractivity contribution in [2.24, 2.45) is 5.92 Å². The van der Waals surface area contributed by atoms with Crippen LogP contribution in [0.25, 0.3) is 0 Å². The second-order valence-corrected chi connectivity index (χ2v) is 4.52. The summed E-state index contributed by atoms with van der Waals surface area (Å²) < 4.78 is 10.6. The van der Waals surface area contributed by atoms with Gasteiger partial charge in [-0.15, -0.1) is 0 Å². The van der Waals surface area contributed by atoms with Crippen LogP contribution in [0.15, 0.2) is 24.3 Å². The van der Waals surface area contributed by atoms with E-state index in [2.05, 4.69) is 0 Å². The average molecular weight is 236 g/mol. The monoisotopic (exact) mass is 236 g/mol. The van der Waals surface area contributed by atoms with Crippen LogP contribution in [0.2, 0.25) is 0 Å². The van der Waals surface area contributed by atoms with Gasteiger partial charge < -0.3 is 14.6 Å². The van der Waals surface area contributed by atoms with E-state index in [1.165, 1.54) is 5.56 Å². The molecule has 0 bridgehead atoms. The fourth-order valence-corrected chi connectivity index (χ4v) is 2.14. The summed E-state index contributed by atoms with van der Waals surface area (Å²) >= 11 is 0. The van der Waals surface area contributed by atoms with Crippen LogP contribution in [0.3, 0.4) is 0 Å². The lowest BCUT2D eigenvalue weighted by atomic mass is 9.88. The number of ether oxygens (including phenoxy) is 2. The third kappa shape index (κ3) is 3.20. The summed E-state index contributed by atoms with van der Waals surface area (Å²) in [6.45, 7) is 4.54. The van der Waals surface area contributed by atoms with Crippen LogP contribution in [0.5, 0.6) is 5.75 Å². The quantitative estimate of drug-likeness (QED) is 0.823. The average Bonchev–Trinajstić information content (AvgIpc) is 2.30. The molecule has 1 fully saturated rings. The molecule has 1 aromatic rings. The van der Waals surface area contributed by atoms with Crippen LogP contribution in [-0.4, -0.2) is 31.5 Å². The first-order chi connectivity index (χ1) is 8.33. The van der Waals surface area contributed by atoms with Crippen molar-refractivity contribution < 1.29 is 14.6 Å². The fourth-order valence-electron chi connectivity index (χ4n) is 2.14. The van der Waals surface area contributed by atoms with Gasteiger partial charge in [-0.25, -0.2) is 0 Å². The van der Waals surface area contributed by atoms with Gasteiger partial charge in [0.2, 0.25) is 0 Å². The molecule has 1 unspecified atom stereocenters. The summed E-state index contributed by atoms with van der Waals surface area (Å²) in [4.78, 5) is 0. The summed E-state index contributed by atoms with van der Waals surface area (Å²) in [5, 5.41) is 9.45. The van der Waals surface area contributed by atoms with Crippen molar-refractivity contribution in [1.82, 2.24) is 0 Å². The van der Waals surface area contributed by atoms with E-state index in [0.29, 0.717) is 12.5 Å². The van der Waals surface area contributed by atoms with Crippen molar-refractivity contribution in [3.8, 4) is 5.75 Å². The first-order valence-electron chi connectivity index (χ1n) is 6.24. The molecule has 1 N–H and O–H groups in total. The largest absolute Gasteiger partial charge is 0.494 e. The van der Waals surface area contributed by atoms with Gasteiger partial charge in [0.15, 0.2) is 0 Å². The number of aliphatic hydroxyl groups excluding tert-OH is 1. The predicted octanol–water partition coefficient (Wildman–Crippen LogP) is 2.20. The Balaban J connectivity index is 1.97. The molecule has 0 aromatic heterocycles. The predicted molar refractivity (Wildman–Crippen MR) is 66.4 cm³/mol. The number of rotatable bonds is 6. The van der Waals surface area contributed by atoms with Gasteiger partial charge >= 0.3 is 0 Å². The van der Waals surface area contributed by atoms with Gasteiger partial charge in [-0.3, -0.25) is 0 Å². The minimum Gasteiger partial charge on any atom is -0.494 e. The van der Waals surface area contributed by atoms with Gasteiger partial charge in [0, 0.05) is 18.4 Å². The Labute approximate surface area is 102 Å². The van der Waals surface area contributed by atoms with Crippen LogP contribution in [-0.2, 0) is 4.74 Å². The van der Waals surface area contributed by atoms with Gasteiger partial charge in [0.05, 0.1) is 19.8 Å². The maximum atomic E-state index is 9.45. The topological polar surface area (TPSA) is 38.7 Å². The lowest BCUT2D eigenvalue weighted by Gasteiger charge is -2.29. The smallest absolute Gasteiger partial charge is 0.119 e. The van der Waals surface area contributed by atoms with Crippen LogP contribution < -0.4 is 4.74 Å². The standard InChI is InChI=1S/C14H20O3/c1-2-17-14-5-3-12(4-6-14)13(8-15)7-11-9-16-10-11/h3-6,11,13,15H,2,7-10H2,1H3. The summed E-state index contributed by atoms with van der Waals surface area (Å²) in [7, 11) is 0. The van der Waals surface area contributed by atoms with Crippen molar-refractivity contribution in [3.05, 3.63) is 29.8 Å². The molecular formula is C14H20O3. The molecule has 94 valence electrons. The zero-order chi connectivity index (χ0) is 12.1. The third-order valence-electron chi connectivity index (χ3n) is 3.21. The Morgan fingerprint density at radius 2 is 2.06 bits per heavy atom. The number of hydrogen-bond acceptors (Lipinski definition) is 3.